The van der Waals surface area contributed by atoms with Crippen molar-refractivity contribution < 1.29 is 52.7 Å². The lowest BCUT2D eigenvalue weighted by Crippen LogP contribution is -2.71. The van der Waals surface area contributed by atoms with Crippen LogP contribution in [0.1, 0.15) is 26.3 Å². The van der Waals surface area contributed by atoms with Crippen molar-refractivity contribution in [2.75, 3.05) is 0 Å². The van der Waals surface area contributed by atoms with Gasteiger partial charge in [-0.05, 0) is 0 Å². The van der Waals surface area contributed by atoms with Crippen LogP contribution in [0.5, 0.6) is 0 Å². The summed E-state index contributed by atoms with van der Waals surface area (Å²) >= 11 is 0. The molecule has 28 heavy (non-hydrogen) atoms. The minimum absolute atomic E-state index is 0.157. The quantitative estimate of drug-likeness (QED) is 0.423. The minimum atomic E-state index is -7.56. The van der Waals surface area contributed by atoms with E-state index in [1.165, 1.54) is 0 Å². The largest absolute Gasteiger partial charge is 0.385 e. The highest BCUT2D eigenvalue weighted by atomic mass is 19.4. The predicted molar refractivity (Wildman–Crippen MR) is 74.5 cm³/mol. The van der Waals surface area contributed by atoms with E-state index in [-0.39, 0.29) is 32.9 Å². The molecule has 0 N–H and O–H groups in total. The van der Waals surface area contributed by atoms with E-state index in [1.54, 1.807) is 0 Å². The summed E-state index contributed by atoms with van der Waals surface area (Å²) in [6.45, 7) is 0.767. The van der Waals surface area contributed by atoms with E-state index in [9.17, 15) is 52.7 Å². The number of halogens is 12. The molecule has 0 unspecified atom stereocenters. The molecule has 0 amide bonds. The predicted octanol–water partition coefficient (Wildman–Crippen LogP) is 7.00. The number of rotatable bonds is 6. The average molecular weight is 434 g/mol. The molecule has 0 aliphatic heterocycles. The molecule has 0 bridgehead atoms. The second-order valence-corrected chi connectivity index (χ2v) is 7.06. The first-order chi connectivity index (χ1) is 12.1. The van der Waals surface area contributed by atoms with E-state index in [4.69, 9.17) is 0 Å². The zero-order valence-corrected chi connectivity index (χ0v) is 14.4. The van der Waals surface area contributed by atoms with Crippen LogP contribution in [-0.4, -0.2) is 29.6 Å². The maximum absolute atomic E-state index is 13.9. The maximum atomic E-state index is 13.9. The van der Waals surface area contributed by atoms with Gasteiger partial charge in [-0.2, -0.15) is 52.7 Å². The van der Waals surface area contributed by atoms with Crippen molar-refractivity contribution in [2.45, 2.75) is 56.3 Å². The van der Waals surface area contributed by atoms with Crippen LogP contribution in [0.15, 0.2) is 30.3 Å². The fourth-order valence-corrected chi connectivity index (χ4v) is 2.09. The topological polar surface area (TPSA) is 0 Å². The summed E-state index contributed by atoms with van der Waals surface area (Å²) in [7, 11) is 0. The SMILES string of the molecule is CC(C)(C)C(F)(F)C(F)(F)C(F)(F)C(F)(F)C(F)(F)C(F)(F)c1ccccc1. The Morgan fingerprint density at radius 2 is 0.786 bits per heavy atom. The zero-order valence-electron chi connectivity index (χ0n) is 14.4. The molecule has 1 aromatic carbocycles. The summed E-state index contributed by atoms with van der Waals surface area (Å²) in [5.41, 5.74) is -5.01. The molecule has 0 saturated heterocycles. The lowest BCUT2D eigenvalue weighted by Gasteiger charge is -2.44. The molecule has 0 spiro atoms. The van der Waals surface area contributed by atoms with E-state index in [1.807, 2.05) is 0 Å². The van der Waals surface area contributed by atoms with Gasteiger partial charge < -0.3 is 0 Å². The second kappa shape index (κ2) is 6.45. The Bertz CT molecular complexity index is 685. The summed E-state index contributed by atoms with van der Waals surface area (Å²) in [5, 5.41) is 0. The molecule has 0 aliphatic carbocycles. The third-order valence-corrected chi connectivity index (χ3v) is 4.05. The normalized spacial score (nSPS) is 15.7. The van der Waals surface area contributed by atoms with Crippen LogP contribution < -0.4 is 0 Å². The summed E-state index contributed by atoms with van der Waals surface area (Å²) in [4.78, 5) is 0. The first kappa shape index (κ1) is 24.4. The van der Waals surface area contributed by atoms with Gasteiger partial charge in [0, 0.05) is 11.0 Å². The monoisotopic (exact) mass is 434 g/mol. The van der Waals surface area contributed by atoms with Crippen molar-refractivity contribution in [1.82, 2.24) is 0 Å². The van der Waals surface area contributed by atoms with E-state index in [0.29, 0.717) is 12.1 Å². The van der Waals surface area contributed by atoms with Gasteiger partial charge in [0.25, 0.3) is 0 Å². The van der Waals surface area contributed by atoms with Crippen molar-refractivity contribution in [2.24, 2.45) is 5.41 Å². The van der Waals surface area contributed by atoms with E-state index >= 15 is 0 Å². The molecule has 0 aliphatic rings. The van der Waals surface area contributed by atoms with Crippen LogP contribution >= 0.6 is 0 Å². The fraction of sp³-hybridized carbons (Fsp3) is 0.625. The van der Waals surface area contributed by atoms with Gasteiger partial charge in [-0.15, -0.1) is 0 Å². The van der Waals surface area contributed by atoms with Crippen molar-refractivity contribution in [1.29, 1.82) is 0 Å². The Morgan fingerprint density at radius 3 is 1.14 bits per heavy atom. The van der Waals surface area contributed by atoms with Crippen LogP contribution in [0.3, 0.4) is 0 Å². The van der Waals surface area contributed by atoms with Gasteiger partial charge >= 0.3 is 35.5 Å². The molecule has 12 heteroatoms. The molecule has 0 saturated carbocycles. The van der Waals surface area contributed by atoms with E-state index in [2.05, 4.69) is 0 Å². The molecule has 1 rings (SSSR count). The first-order valence-corrected chi connectivity index (χ1v) is 7.43. The van der Waals surface area contributed by atoms with Crippen molar-refractivity contribution in [3.8, 4) is 0 Å². The van der Waals surface area contributed by atoms with Gasteiger partial charge in [0.1, 0.15) is 0 Å². The van der Waals surface area contributed by atoms with Crippen molar-refractivity contribution in [3.63, 3.8) is 0 Å². The molecule has 0 aromatic heterocycles. The van der Waals surface area contributed by atoms with Crippen molar-refractivity contribution in [3.05, 3.63) is 35.9 Å². The van der Waals surface area contributed by atoms with Gasteiger partial charge in [-0.25, -0.2) is 0 Å². The Kier molecular flexibility index (Phi) is 5.62. The molecule has 162 valence electrons. The molecule has 0 radical (unpaired) electrons. The standard InChI is InChI=1S/C16H14F12/c1-10(2,3)12(19,20)14(23,24)16(27,28)15(25,26)13(21,22)11(17,18)9-7-5-4-6-8-9/h4-8H,1-3H3. The van der Waals surface area contributed by atoms with Gasteiger partial charge in [-0.1, -0.05) is 51.1 Å². The lowest BCUT2D eigenvalue weighted by molar-refractivity contribution is -0.435. The Hall–Kier alpha value is -1.62. The third kappa shape index (κ3) is 3.02. The average Bonchev–Trinajstić information content (AvgIpc) is 2.53. The summed E-state index contributed by atoms with van der Waals surface area (Å²) < 4.78 is 165. The van der Waals surface area contributed by atoms with Gasteiger partial charge in [0.05, 0.1) is 0 Å². The van der Waals surface area contributed by atoms with Gasteiger partial charge in [-0.3, -0.25) is 0 Å². The highest BCUT2D eigenvalue weighted by Crippen LogP contribution is 2.63. The van der Waals surface area contributed by atoms with E-state index < -0.39 is 46.5 Å². The Balaban J connectivity index is 3.62. The number of hydrogen-bond donors (Lipinski definition) is 0. The van der Waals surface area contributed by atoms with Crippen molar-refractivity contribution >= 4 is 0 Å². The maximum Gasteiger partial charge on any atom is 0.385 e. The summed E-state index contributed by atoms with van der Waals surface area (Å²) in [6, 6.07) is 2.63. The van der Waals surface area contributed by atoms with Gasteiger partial charge in [0.15, 0.2) is 0 Å². The van der Waals surface area contributed by atoms with E-state index in [0.717, 1.165) is 6.07 Å². The van der Waals surface area contributed by atoms with Crippen LogP contribution in [0.25, 0.3) is 0 Å². The molecule has 0 heterocycles. The zero-order chi connectivity index (χ0) is 22.6. The number of hydrogen-bond acceptors (Lipinski definition) is 0. The molecule has 1 aromatic rings. The summed E-state index contributed by atoms with van der Waals surface area (Å²) in [5.74, 6) is -41.4. The van der Waals surface area contributed by atoms with Gasteiger partial charge in [0.2, 0.25) is 0 Å². The fourth-order valence-electron chi connectivity index (χ4n) is 2.09. The molecule has 0 fully saturated rings. The second-order valence-electron chi connectivity index (χ2n) is 7.06. The molecule has 0 nitrogen and oxygen atoms in total. The van der Waals surface area contributed by atoms with Crippen LogP contribution in [0.2, 0.25) is 0 Å². The molecular weight excluding hydrogens is 420 g/mol. The molecule has 0 atom stereocenters. The Labute approximate surface area is 151 Å². The first-order valence-electron chi connectivity index (χ1n) is 7.43. The molecular formula is C16H14F12. The lowest BCUT2D eigenvalue weighted by atomic mass is 9.79. The van der Waals surface area contributed by atoms with Crippen LogP contribution in [-0.2, 0) is 5.92 Å². The summed E-state index contributed by atoms with van der Waals surface area (Å²) in [6.07, 6.45) is 0. The minimum Gasteiger partial charge on any atom is -0.199 e. The third-order valence-electron chi connectivity index (χ3n) is 4.05. The van der Waals surface area contributed by atoms with Crippen LogP contribution in [0, 0.1) is 5.41 Å². The highest BCUT2D eigenvalue weighted by Gasteiger charge is 2.90. The highest BCUT2D eigenvalue weighted by molar-refractivity contribution is 5.25. The number of alkyl halides is 12. The smallest absolute Gasteiger partial charge is 0.199 e. The van der Waals surface area contributed by atoms with Crippen LogP contribution in [0.4, 0.5) is 52.7 Å². The Morgan fingerprint density at radius 1 is 0.464 bits per heavy atom. The number of benzene rings is 1.